The summed E-state index contributed by atoms with van der Waals surface area (Å²) in [7, 11) is 0. The highest BCUT2D eigenvalue weighted by atomic mass is 35.5. The molecule has 0 saturated heterocycles. The molecule has 4 rings (SSSR count). The molecule has 0 spiro atoms. The molecule has 2 aliphatic carbocycles. The molecule has 2 aromatic rings. The number of hydrogen-bond acceptors (Lipinski definition) is 4. The van der Waals surface area contributed by atoms with Crippen LogP contribution >= 0.6 is 11.8 Å². The van der Waals surface area contributed by atoms with Crippen molar-refractivity contribution in [2.75, 3.05) is 4.42 Å². The second-order valence-electron chi connectivity index (χ2n) is 10.6. The van der Waals surface area contributed by atoms with E-state index in [9.17, 15) is 14.7 Å². The molecule has 1 amide bonds. The van der Waals surface area contributed by atoms with Crippen molar-refractivity contribution in [1.29, 1.82) is 0 Å². The smallest absolute Gasteiger partial charge is 0.304 e. The summed E-state index contributed by atoms with van der Waals surface area (Å²) >= 11 is 6.35. The van der Waals surface area contributed by atoms with Crippen LogP contribution < -0.4 is 4.42 Å². The van der Waals surface area contributed by atoms with E-state index in [-0.39, 0.29) is 18.7 Å². The van der Waals surface area contributed by atoms with E-state index in [1.165, 1.54) is 19.3 Å². The van der Waals surface area contributed by atoms with Crippen LogP contribution in [0.2, 0.25) is 0 Å². The van der Waals surface area contributed by atoms with Gasteiger partial charge >= 0.3 is 5.97 Å². The normalized spacial score (nSPS) is 20.5. The molecule has 0 bridgehead atoms. The summed E-state index contributed by atoms with van der Waals surface area (Å²) in [5.74, 6) is 1.28. The summed E-state index contributed by atoms with van der Waals surface area (Å²) < 4.78 is 6.99. The highest BCUT2D eigenvalue weighted by Crippen LogP contribution is 2.53. The van der Waals surface area contributed by atoms with Crippen LogP contribution in [0.4, 0.5) is 5.69 Å². The summed E-state index contributed by atoms with van der Waals surface area (Å²) in [6, 6.07) is 7.34. The van der Waals surface area contributed by atoms with Gasteiger partial charge in [-0.2, -0.15) is 0 Å². The third kappa shape index (κ3) is 6.08. The highest BCUT2D eigenvalue weighted by molar-refractivity contribution is 6.36. The summed E-state index contributed by atoms with van der Waals surface area (Å²) in [4.78, 5) is 24.8. The number of aliphatic carboxylic acids is 1. The Balaban J connectivity index is 1.51. The first-order valence-corrected chi connectivity index (χ1v) is 13.4. The van der Waals surface area contributed by atoms with Gasteiger partial charge in [0.25, 0.3) is 0 Å². The largest absolute Gasteiger partial charge is 0.481 e. The number of benzene rings is 1. The number of aromatic nitrogens is 1. The van der Waals surface area contributed by atoms with Gasteiger partial charge in [-0.05, 0) is 68.9 Å². The SMILES string of the molecule is CCC(CC)CC1CC(c2onc(C(CC(=O)O)CC(=O)N(Cl)c3ccc(C)cc3)c2C2CC2)C1. The fourth-order valence-corrected chi connectivity index (χ4v) is 5.70. The zero-order valence-electron chi connectivity index (χ0n) is 21.0. The molecule has 1 N–H and O–H groups in total. The third-order valence-corrected chi connectivity index (χ3v) is 8.29. The summed E-state index contributed by atoms with van der Waals surface area (Å²) in [6.07, 6.45) is 7.84. The quantitative estimate of drug-likeness (QED) is 0.309. The number of hydrogen-bond donors (Lipinski definition) is 1. The molecule has 2 fully saturated rings. The number of carbonyl (C=O) groups excluding carboxylic acids is 1. The maximum absolute atomic E-state index is 13.0. The molecule has 35 heavy (non-hydrogen) atoms. The minimum atomic E-state index is -0.959. The Kier molecular flexibility index (Phi) is 8.20. The van der Waals surface area contributed by atoms with Crippen LogP contribution in [0.15, 0.2) is 28.8 Å². The van der Waals surface area contributed by atoms with Gasteiger partial charge in [-0.15, -0.1) is 0 Å². The minimum absolute atomic E-state index is 0.0304. The molecule has 0 radical (unpaired) electrons. The standard InChI is InChI=1S/C28H37ClN2O4/c1-4-18(5-2)12-19-13-22(14-19)28-26(20-8-9-20)27(30-35-28)21(16-25(33)34)15-24(32)31(29)23-10-6-17(3)7-11-23/h6-7,10-11,18-22H,4-5,8-9,12-16H2,1-3H3,(H,33,34). The molecule has 1 atom stereocenters. The molecule has 1 aromatic carbocycles. The molecule has 6 nitrogen and oxygen atoms in total. The Bertz CT molecular complexity index is 1020. The van der Waals surface area contributed by atoms with Crippen LogP contribution in [0, 0.1) is 18.8 Å². The van der Waals surface area contributed by atoms with Gasteiger partial charge in [0.2, 0.25) is 5.91 Å². The van der Waals surface area contributed by atoms with Gasteiger partial charge in [0.1, 0.15) is 5.76 Å². The number of carbonyl (C=O) groups is 2. The number of amides is 1. The predicted octanol–water partition coefficient (Wildman–Crippen LogP) is 7.32. The molecule has 0 aliphatic heterocycles. The zero-order valence-corrected chi connectivity index (χ0v) is 21.8. The van der Waals surface area contributed by atoms with Crippen molar-refractivity contribution < 1.29 is 19.2 Å². The maximum Gasteiger partial charge on any atom is 0.304 e. The predicted molar refractivity (Wildman–Crippen MR) is 137 cm³/mol. The monoisotopic (exact) mass is 500 g/mol. The van der Waals surface area contributed by atoms with Crippen LogP contribution in [-0.4, -0.2) is 22.1 Å². The van der Waals surface area contributed by atoms with Crippen LogP contribution in [0.5, 0.6) is 0 Å². The summed E-state index contributed by atoms with van der Waals surface area (Å²) in [6.45, 7) is 6.50. The Hall–Kier alpha value is -2.34. The van der Waals surface area contributed by atoms with E-state index in [1.807, 2.05) is 19.1 Å². The topological polar surface area (TPSA) is 83.6 Å². The van der Waals surface area contributed by atoms with Gasteiger partial charge < -0.3 is 9.63 Å². The lowest BCUT2D eigenvalue weighted by molar-refractivity contribution is -0.137. The fourth-order valence-electron chi connectivity index (χ4n) is 5.52. The van der Waals surface area contributed by atoms with Gasteiger partial charge in [0.05, 0.1) is 17.8 Å². The number of rotatable bonds is 12. The van der Waals surface area contributed by atoms with Crippen molar-refractivity contribution in [1.82, 2.24) is 5.16 Å². The third-order valence-electron chi connectivity index (χ3n) is 7.91. The molecular formula is C28H37ClN2O4. The number of anilines is 1. The summed E-state index contributed by atoms with van der Waals surface area (Å²) in [5, 5.41) is 14.0. The Morgan fingerprint density at radius 1 is 1.11 bits per heavy atom. The number of aryl methyl sites for hydroxylation is 1. The van der Waals surface area contributed by atoms with Gasteiger partial charge in [-0.1, -0.05) is 49.5 Å². The number of carboxylic acid groups (broad SMARTS) is 1. The molecule has 1 heterocycles. The number of halogens is 1. The fraction of sp³-hybridized carbons (Fsp3) is 0.607. The van der Waals surface area contributed by atoms with Gasteiger partial charge in [0, 0.05) is 35.6 Å². The second-order valence-corrected chi connectivity index (χ2v) is 10.9. The number of carboxylic acids is 1. The molecule has 1 unspecified atom stereocenters. The van der Waals surface area contributed by atoms with E-state index < -0.39 is 11.9 Å². The van der Waals surface area contributed by atoms with Crippen molar-refractivity contribution >= 4 is 29.3 Å². The van der Waals surface area contributed by atoms with E-state index in [0.717, 1.165) is 58.8 Å². The molecule has 7 heteroatoms. The van der Waals surface area contributed by atoms with E-state index in [0.29, 0.717) is 23.2 Å². The van der Waals surface area contributed by atoms with Crippen molar-refractivity contribution in [3.05, 3.63) is 46.8 Å². The van der Waals surface area contributed by atoms with Gasteiger partial charge in [-0.25, -0.2) is 4.42 Å². The Morgan fingerprint density at radius 3 is 2.34 bits per heavy atom. The van der Waals surface area contributed by atoms with Gasteiger partial charge in [0.15, 0.2) is 0 Å². The molecular weight excluding hydrogens is 464 g/mol. The second kappa shape index (κ2) is 11.2. The van der Waals surface area contributed by atoms with E-state index in [1.54, 1.807) is 12.1 Å². The first-order chi connectivity index (χ1) is 16.8. The van der Waals surface area contributed by atoms with Crippen molar-refractivity contribution in [2.24, 2.45) is 11.8 Å². The minimum Gasteiger partial charge on any atom is -0.481 e. The van der Waals surface area contributed by atoms with Crippen molar-refractivity contribution in [2.45, 2.75) is 96.3 Å². The highest BCUT2D eigenvalue weighted by Gasteiger charge is 2.42. The lowest BCUT2D eigenvalue weighted by Crippen LogP contribution is -2.25. The van der Waals surface area contributed by atoms with Crippen LogP contribution in [0.3, 0.4) is 0 Å². The first-order valence-electron chi connectivity index (χ1n) is 13.1. The van der Waals surface area contributed by atoms with Crippen LogP contribution in [0.25, 0.3) is 0 Å². The van der Waals surface area contributed by atoms with Crippen molar-refractivity contribution in [3.63, 3.8) is 0 Å². The lowest BCUT2D eigenvalue weighted by Gasteiger charge is -2.36. The molecule has 2 saturated carbocycles. The lowest BCUT2D eigenvalue weighted by atomic mass is 9.68. The Labute approximate surface area is 213 Å². The maximum atomic E-state index is 13.0. The van der Waals surface area contributed by atoms with Crippen LogP contribution in [0.1, 0.15) is 112 Å². The van der Waals surface area contributed by atoms with E-state index in [2.05, 4.69) is 19.0 Å². The van der Waals surface area contributed by atoms with Crippen LogP contribution in [-0.2, 0) is 9.59 Å². The summed E-state index contributed by atoms with van der Waals surface area (Å²) in [5.41, 5.74) is 3.36. The molecule has 2 aliphatic rings. The molecule has 1 aromatic heterocycles. The van der Waals surface area contributed by atoms with Gasteiger partial charge in [-0.3, -0.25) is 9.59 Å². The Morgan fingerprint density at radius 2 is 1.77 bits per heavy atom. The average molecular weight is 501 g/mol. The number of nitrogens with zero attached hydrogens (tertiary/aromatic N) is 2. The average Bonchev–Trinajstić information content (AvgIpc) is 3.56. The van der Waals surface area contributed by atoms with E-state index in [4.69, 9.17) is 16.3 Å². The molecule has 190 valence electrons. The van der Waals surface area contributed by atoms with E-state index >= 15 is 0 Å². The zero-order chi connectivity index (χ0) is 25.1. The van der Waals surface area contributed by atoms with Crippen molar-refractivity contribution in [3.8, 4) is 0 Å². The first kappa shape index (κ1) is 25.7.